The molecule has 2 aromatic rings. The highest BCUT2D eigenvalue weighted by atomic mass is 35.5. The number of carbonyl (C=O) groups excluding carboxylic acids is 1. The van der Waals surface area contributed by atoms with Crippen molar-refractivity contribution in [2.45, 2.75) is 32.2 Å². The Kier molecular flexibility index (Phi) is 6.52. The van der Waals surface area contributed by atoms with Crippen LogP contribution in [0.4, 0.5) is 0 Å². The van der Waals surface area contributed by atoms with Crippen molar-refractivity contribution < 1.29 is 9.53 Å². The van der Waals surface area contributed by atoms with Crippen molar-refractivity contribution in [3.05, 3.63) is 46.7 Å². The fourth-order valence-electron chi connectivity index (χ4n) is 3.04. The highest BCUT2D eigenvalue weighted by Gasteiger charge is 2.17. The fraction of sp³-hybridized carbons (Fsp3) is 0.474. The summed E-state index contributed by atoms with van der Waals surface area (Å²) in [5.74, 6) is 0.677. The third kappa shape index (κ3) is 4.99. The standard InChI is InChI=1S/C19H25ClN4O2/c1-14-12-15(20)5-6-18(14)26-11-3-9-22-19(25)17-7-10-24(23-17)16-4-2-8-21-13-16/h5-7,10,12,16,21H,2-4,8-9,11,13H2,1H3,(H,22,25). The van der Waals surface area contributed by atoms with Crippen LogP contribution >= 0.6 is 11.6 Å². The molecule has 1 aromatic heterocycles. The zero-order chi connectivity index (χ0) is 18.4. The summed E-state index contributed by atoms with van der Waals surface area (Å²) in [5, 5.41) is 11.4. The molecule has 0 spiro atoms. The molecule has 1 saturated heterocycles. The van der Waals surface area contributed by atoms with Gasteiger partial charge in [-0.1, -0.05) is 11.6 Å². The number of halogens is 1. The topological polar surface area (TPSA) is 68.2 Å². The van der Waals surface area contributed by atoms with Crippen molar-refractivity contribution in [1.29, 1.82) is 0 Å². The van der Waals surface area contributed by atoms with Gasteiger partial charge in [-0.25, -0.2) is 0 Å². The Bertz CT molecular complexity index is 741. The molecule has 1 unspecified atom stereocenters. The van der Waals surface area contributed by atoms with Gasteiger partial charge in [0.2, 0.25) is 0 Å². The summed E-state index contributed by atoms with van der Waals surface area (Å²) in [5.41, 5.74) is 1.47. The lowest BCUT2D eigenvalue weighted by atomic mass is 10.1. The van der Waals surface area contributed by atoms with E-state index < -0.39 is 0 Å². The second-order valence-electron chi connectivity index (χ2n) is 6.55. The van der Waals surface area contributed by atoms with Gasteiger partial charge in [-0.2, -0.15) is 5.10 Å². The number of nitrogens with zero attached hydrogens (tertiary/aromatic N) is 2. The number of carbonyl (C=O) groups is 1. The Morgan fingerprint density at radius 2 is 2.35 bits per heavy atom. The van der Waals surface area contributed by atoms with Gasteiger partial charge in [-0.05, 0) is 62.6 Å². The predicted octanol–water partition coefficient (Wildman–Crippen LogP) is 2.97. The largest absolute Gasteiger partial charge is 0.493 e. The molecule has 140 valence electrons. The van der Waals surface area contributed by atoms with E-state index in [4.69, 9.17) is 16.3 Å². The van der Waals surface area contributed by atoms with Gasteiger partial charge in [0.25, 0.3) is 5.91 Å². The molecule has 26 heavy (non-hydrogen) atoms. The summed E-state index contributed by atoms with van der Waals surface area (Å²) in [4.78, 5) is 12.2. The molecule has 7 heteroatoms. The number of amides is 1. The molecule has 1 atom stereocenters. The van der Waals surface area contributed by atoms with Crippen molar-refractivity contribution in [2.24, 2.45) is 0 Å². The lowest BCUT2D eigenvalue weighted by molar-refractivity contribution is 0.0945. The van der Waals surface area contributed by atoms with Gasteiger partial charge in [0.1, 0.15) is 11.4 Å². The summed E-state index contributed by atoms with van der Waals surface area (Å²) in [7, 11) is 0. The number of hydrogen-bond acceptors (Lipinski definition) is 4. The average Bonchev–Trinajstić information content (AvgIpc) is 3.14. The predicted molar refractivity (Wildman–Crippen MR) is 102 cm³/mol. The Morgan fingerprint density at radius 1 is 1.46 bits per heavy atom. The number of rotatable bonds is 7. The Hall–Kier alpha value is -2.05. The summed E-state index contributed by atoms with van der Waals surface area (Å²) >= 11 is 5.93. The number of hydrogen-bond donors (Lipinski definition) is 2. The normalized spacial score (nSPS) is 17.1. The number of nitrogens with one attached hydrogen (secondary N) is 2. The van der Waals surface area contributed by atoms with Crippen LogP contribution in [-0.2, 0) is 0 Å². The van der Waals surface area contributed by atoms with Crippen LogP contribution in [0.5, 0.6) is 5.75 Å². The van der Waals surface area contributed by atoms with Gasteiger partial charge < -0.3 is 15.4 Å². The summed E-state index contributed by atoms with van der Waals surface area (Å²) in [6.07, 6.45) is 4.84. The summed E-state index contributed by atoms with van der Waals surface area (Å²) in [6.45, 7) is 5.00. The van der Waals surface area contributed by atoms with Gasteiger partial charge in [0, 0.05) is 24.3 Å². The number of benzene rings is 1. The second kappa shape index (κ2) is 9.05. The molecule has 0 bridgehead atoms. The number of piperidine rings is 1. The molecule has 6 nitrogen and oxygen atoms in total. The van der Waals surface area contributed by atoms with Crippen LogP contribution in [0.1, 0.15) is 41.4 Å². The zero-order valence-electron chi connectivity index (χ0n) is 15.0. The van der Waals surface area contributed by atoms with E-state index in [1.807, 2.05) is 36.0 Å². The minimum atomic E-state index is -0.143. The molecule has 3 rings (SSSR count). The molecular formula is C19H25ClN4O2. The fourth-order valence-corrected chi connectivity index (χ4v) is 3.27. The first kappa shape index (κ1) is 18.7. The summed E-state index contributed by atoms with van der Waals surface area (Å²) < 4.78 is 7.62. The molecular weight excluding hydrogens is 352 g/mol. The molecule has 0 radical (unpaired) electrons. The van der Waals surface area contributed by atoms with Crippen molar-refractivity contribution >= 4 is 17.5 Å². The number of ether oxygens (including phenoxy) is 1. The molecule has 1 aliphatic heterocycles. The van der Waals surface area contributed by atoms with Gasteiger partial charge in [-0.15, -0.1) is 0 Å². The third-order valence-corrected chi connectivity index (χ3v) is 4.72. The third-order valence-electron chi connectivity index (χ3n) is 4.49. The Balaban J connectivity index is 1.39. The SMILES string of the molecule is Cc1cc(Cl)ccc1OCCCNC(=O)c1ccn(C2CCCNC2)n1. The number of aromatic nitrogens is 2. The molecule has 1 amide bonds. The van der Waals surface area contributed by atoms with E-state index in [1.54, 1.807) is 6.07 Å². The van der Waals surface area contributed by atoms with Crippen LogP contribution < -0.4 is 15.4 Å². The Labute approximate surface area is 158 Å². The molecule has 2 heterocycles. The van der Waals surface area contributed by atoms with Crippen LogP contribution in [-0.4, -0.2) is 41.9 Å². The van der Waals surface area contributed by atoms with Crippen LogP contribution in [0.25, 0.3) is 0 Å². The van der Waals surface area contributed by atoms with Gasteiger partial charge >= 0.3 is 0 Å². The van der Waals surface area contributed by atoms with Crippen LogP contribution in [0.3, 0.4) is 0 Å². The smallest absolute Gasteiger partial charge is 0.271 e. The molecule has 2 N–H and O–H groups in total. The highest BCUT2D eigenvalue weighted by Crippen LogP contribution is 2.21. The van der Waals surface area contributed by atoms with Gasteiger partial charge in [-0.3, -0.25) is 9.48 Å². The minimum Gasteiger partial charge on any atom is -0.493 e. The first-order valence-electron chi connectivity index (χ1n) is 9.06. The van der Waals surface area contributed by atoms with Crippen molar-refractivity contribution in [3.8, 4) is 5.75 Å². The Morgan fingerprint density at radius 3 is 3.12 bits per heavy atom. The highest BCUT2D eigenvalue weighted by molar-refractivity contribution is 6.30. The molecule has 0 aliphatic carbocycles. The zero-order valence-corrected chi connectivity index (χ0v) is 15.8. The van der Waals surface area contributed by atoms with Crippen LogP contribution in [0.15, 0.2) is 30.5 Å². The monoisotopic (exact) mass is 376 g/mol. The average molecular weight is 377 g/mol. The van der Waals surface area contributed by atoms with Crippen LogP contribution in [0, 0.1) is 6.92 Å². The van der Waals surface area contributed by atoms with Gasteiger partial charge in [0.15, 0.2) is 0 Å². The first-order chi connectivity index (χ1) is 12.6. The van der Waals surface area contributed by atoms with Gasteiger partial charge in [0.05, 0.1) is 12.6 Å². The molecule has 1 fully saturated rings. The van der Waals surface area contributed by atoms with E-state index in [-0.39, 0.29) is 5.91 Å². The van der Waals surface area contributed by atoms with E-state index in [1.165, 1.54) is 0 Å². The molecule has 0 saturated carbocycles. The maximum atomic E-state index is 12.2. The summed E-state index contributed by atoms with van der Waals surface area (Å²) in [6, 6.07) is 7.66. The van der Waals surface area contributed by atoms with E-state index in [0.717, 1.165) is 43.7 Å². The van der Waals surface area contributed by atoms with E-state index in [0.29, 0.717) is 29.9 Å². The lowest BCUT2D eigenvalue weighted by Crippen LogP contribution is -2.32. The molecule has 1 aliphatic rings. The van der Waals surface area contributed by atoms with Crippen LogP contribution in [0.2, 0.25) is 5.02 Å². The second-order valence-corrected chi connectivity index (χ2v) is 6.99. The maximum absolute atomic E-state index is 12.2. The lowest BCUT2D eigenvalue weighted by Gasteiger charge is -2.22. The molecule has 1 aromatic carbocycles. The van der Waals surface area contributed by atoms with Crippen molar-refractivity contribution in [2.75, 3.05) is 26.2 Å². The van der Waals surface area contributed by atoms with Crippen molar-refractivity contribution in [3.63, 3.8) is 0 Å². The van der Waals surface area contributed by atoms with Crippen molar-refractivity contribution in [1.82, 2.24) is 20.4 Å². The first-order valence-corrected chi connectivity index (χ1v) is 9.44. The number of aryl methyl sites for hydroxylation is 1. The van der Waals surface area contributed by atoms with E-state index in [9.17, 15) is 4.79 Å². The quantitative estimate of drug-likeness (QED) is 0.729. The minimum absolute atomic E-state index is 0.143. The van der Waals surface area contributed by atoms with E-state index in [2.05, 4.69) is 15.7 Å². The maximum Gasteiger partial charge on any atom is 0.271 e. The van der Waals surface area contributed by atoms with E-state index >= 15 is 0 Å².